The van der Waals surface area contributed by atoms with Crippen molar-refractivity contribution in [3.8, 4) is 0 Å². The fourth-order valence-electron chi connectivity index (χ4n) is 2.28. The Balaban J connectivity index is 1.78. The fourth-order valence-corrected chi connectivity index (χ4v) is 3.94. The van der Waals surface area contributed by atoms with Crippen molar-refractivity contribution in [2.24, 2.45) is 7.05 Å². The second kappa shape index (κ2) is 7.57. The molecule has 24 heavy (non-hydrogen) atoms. The summed E-state index contributed by atoms with van der Waals surface area (Å²) in [6, 6.07) is 14.8. The van der Waals surface area contributed by atoms with Gasteiger partial charge in [0.15, 0.2) is 11.0 Å². The molecule has 1 atom stereocenters. The van der Waals surface area contributed by atoms with Crippen molar-refractivity contribution in [1.82, 2.24) is 14.8 Å². The molecule has 1 N–H and O–H groups in total. The van der Waals surface area contributed by atoms with E-state index in [1.165, 1.54) is 11.8 Å². The molecule has 1 unspecified atom stereocenters. The first kappa shape index (κ1) is 17.3. The minimum atomic E-state index is -0.818. The summed E-state index contributed by atoms with van der Waals surface area (Å²) in [6.45, 7) is 0. The van der Waals surface area contributed by atoms with E-state index in [4.69, 9.17) is 23.2 Å². The van der Waals surface area contributed by atoms with Crippen LogP contribution in [0.1, 0.15) is 23.1 Å². The summed E-state index contributed by atoms with van der Waals surface area (Å²) in [5.41, 5.74) is 1.64. The number of aliphatic hydroxyl groups is 1. The van der Waals surface area contributed by atoms with E-state index >= 15 is 0 Å². The zero-order valence-corrected chi connectivity index (χ0v) is 15.2. The molecule has 0 saturated carbocycles. The Hall–Kier alpha value is -1.53. The van der Waals surface area contributed by atoms with Gasteiger partial charge in [0.25, 0.3) is 0 Å². The molecule has 0 aliphatic carbocycles. The lowest BCUT2D eigenvalue weighted by molar-refractivity contribution is 0.205. The van der Waals surface area contributed by atoms with Gasteiger partial charge in [0, 0.05) is 22.8 Å². The molecule has 1 aromatic heterocycles. The molecule has 3 aromatic rings. The number of hydrogen-bond acceptors (Lipinski definition) is 4. The number of benzene rings is 2. The minimum Gasteiger partial charge on any atom is -0.380 e. The topological polar surface area (TPSA) is 50.9 Å². The maximum absolute atomic E-state index is 10.5. The van der Waals surface area contributed by atoms with Gasteiger partial charge in [-0.05, 0) is 23.3 Å². The first-order chi connectivity index (χ1) is 11.6. The predicted molar refractivity (Wildman–Crippen MR) is 97.5 cm³/mol. The van der Waals surface area contributed by atoms with Crippen molar-refractivity contribution in [2.75, 3.05) is 0 Å². The second-order valence-electron chi connectivity index (χ2n) is 5.20. The molecule has 124 valence electrons. The highest BCUT2D eigenvalue weighted by atomic mass is 35.5. The van der Waals surface area contributed by atoms with Crippen LogP contribution in [-0.2, 0) is 12.8 Å². The van der Waals surface area contributed by atoms with Crippen LogP contribution < -0.4 is 0 Å². The van der Waals surface area contributed by atoms with Gasteiger partial charge in [0.05, 0.1) is 0 Å². The Labute approximate surface area is 154 Å². The summed E-state index contributed by atoms with van der Waals surface area (Å²) < 4.78 is 1.78. The molecular weight excluding hydrogens is 365 g/mol. The zero-order valence-electron chi connectivity index (χ0n) is 12.9. The van der Waals surface area contributed by atoms with Crippen molar-refractivity contribution >= 4 is 35.0 Å². The molecule has 0 fully saturated rings. The third-order valence-corrected chi connectivity index (χ3v) is 5.39. The van der Waals surface area contributed by atoms with Crippen LogP contribution in [0.3, 0.4) is 0 Å². The van der Waals surface area contributed by atoms with E-state index in [1.54, 1.807) is 4.57 Å². The van der Waals surface area contributed by atoms with Crippen LogP contribution in [0, 0.1) is 0 Å². The molecule has 1 heterocycles. The average Bonchev–Trinajstić information content (AvgIpc) is 2.95. The Morgan fingerprint density at radius 3 is 2.38 bits per heavy atom. The average molecular weight is 380 g/mol. The van der Waals surface area contributed by atoms with Crippen molar-refractivity contribution in [3.05, 3.63) is 75.5 Å². The first-order valence-corrected chi connectivity index (χ1v) is 9.00. The molecule has 4 nitrogen and oxygen atoms in total. The van der Waals surface area contributed by atoms with Gasteiger partial charge in [0.2, 0.25) is 0 Å². The van der Waals surface area contributed by atoms with Gasteiger partial charge in [0.1, 0.15) is 6.10 Å². The van der Waals surface area contributed by atoms with Crippen LogP contribution in [0.2, 0.25) is 10.0 Å². The number of aliphatic hydroxyl groups excluding tert-OH is 1. The lowest BCUT2D eigenvalue weighted by atomic mass is 10.1. The molecule has 3 rings (SSSR count). The molecular formula is C17H15Cl2N3OS. The van der Waals surface area contributed by atoms with Gasteiger partial charge in [-0.25, -0.2) is 0 Å². The molecule has 0 aliphatic rings. The van der Waals surface area contributed by atoms with E-state index < -0.39 is 6.10 Å². The zero-order chi connectivity index (χ0) is 17.1. The Kier molecular flexibility index (Phi) is 5.46. The van der Waals surface area contributed by atoms with Gasteiger partial charge < -0.3 is 9.67 Å². The summed E-state index contributed by atoms with van der Waals surface area (Å²) in [5, 5.41) is 20.7. The lowest BCUT2D eigenvalue weighted by Gasteiger charge is -2.11. The van der Waals surface area contributed by atoms with Gasteiger partial charge in [-0.15, -0.1) is 10.2 Å². The van der Waals surface area contributed by atoms with Gasteiger partial charge in [-0.2, -0.15) is 0 Å². The Morgan fingerprint density at radius 1 is 1.04 bits per heavy atom. The van der Waals surface area contributed by atoms with Gasteiger partial charge in [-0.3, -0.25) is 0 Å². The van der Waals surface area contributed by atoms with Gasteiger partial charge >= 0.3 is 0 Å². The highest BCUT2D eigenvalue weighted by Crippen LogP contribution is 2.31. The number of nitrogens with zero attached hydrogens (tertiary/aromatic N) is 3. The third-order valence-electron chi connectivity index (χ3n) is 3.64. The normalized spacial score (nSPS) is 12.3. The quantitative estimate of drug-likeness (QED) is 0.663. The van der Waals surface area contributed by atoms with E-state index in [-0.39, 0.29) is 0 Å². The van der Waals surface area contributed by atoms with Crippen LogP contribution >= 0.6 is 35.0 Å². The van der Waals surface area contributed by atoms with Crippen molar-refractivity contribution in [1.29, 1.82) is 0 Å². The summed E-state index contributed by atoms with van der Waals surface area (Å²) in [5.74, 6) is 1.07. The third kappa shape index (κ3) is 3.59. The van der Waals surface area contributed by atoms with Crippen LogP contribution in [0.15, 0.2) is 53.7 Å². The summed E-state index contributed by atoms with van der Waals surface area (Å²) in [7, 11) is 1.83. The predicted octanol–water partition coefficient (Wildman–Crippen LogP) is 4.50. The van der Waals surface area contributed by atoms with Crippen molar-refractivity contribution in [2.45, 2.75) is 17.0 Å². The molecule has 7 heteroatoms. The van der Waals surface area contributed by atoms with Gasteiger partial charge in [-0.1, -0.05) is 71.4 Å². The van der Waals surface area contributed by atoms with Crippen molar-refractivity contribution in [3.63, 3.8) is 0 Å². The molecule has 2 aromatic carbocycles. The minimum absolute atomic E-state index is 0.494. The molecule has 0 amide bonds. The maximum Gasteiger partial charge on any atom is 0.191 e. The van der Waals surface area contributed by atoms with E-state index in [0.29, 0.717) is 26.8 Å². The maximum atomic E-state index is 10.5. The van der Waals surface area contributed by atoms with E-state index in [2.05, 4.69) is 10.2 Å². The van der Waals surface area contributed by atoms with Crippen LogP contribution in [0.4, 0.5) is 0 Å². The van der Waals surface area contributed by atoms with E-state index in [9.17, 15) is 5.11 Å². The summed E-state index contributed by atoms with van der Waals surface area (Å²) in [6.07, 6.45) is -0.818. The summed E-state index contributed by atoms with van der Waals surface area (Å²) >= 11 is 13.9. The van der Waals surface area contributed by atoms with E-state index in [0.717, 1.165) is 11.1 Å². The summed E-state index contributed by atoms with van der Waals surface area (Å²) in [4.78, 5) is 0. The van der Waals surface area contributed by atoms with Crippen molar-refractivity contribution < 1.29 is 5.11 Å². The second-order valence-corrected chi connectivity index (χ2v) is 6.96. The highest BCUT2D eigenvalue weighted by molar-refractivity contribution is 7.98. The van der Waals surface area contributed by atoms with E-state index in [1.807, 2.05) is 55.6 Å². The number of rotatable bonds is 5. The molecule has 0 saturated heterocycles. The van der Waals surface area contributed by atoms with Crippen LogP contribution in [0.25, 0.3) is 0 Å². The number of aromatic nitrogens is 3. The number of thioether (sulfide) groups is 1. The number of halogens is 2. The Morgan fingerprint density at radius 2 is 1.71 bits per heavy atom. The molecule has 0 spiro atoms. The largest absolute Gasteiger partial charge is 0.380 e. The van der Waals surface area contributed by atoms with Crippen LogP contribution in [-0.4, -0.2) is 19.9 Å². The first-order valence-electron chi connectivity index (χ1n) is 7.26. The lowest BCUT2D eigenvalue weighted by Crippen LogP contribution is -2.07. The SMILES string of the molecule is Cn1c(SCc2c(Cl)cccc2Cl)nnc1C(O)c1ccccc1. The monoisotopic (exact) mass is 379 g/mol. The number of hydrogen-bond donors (Lipinski definition) is 1. The molecule has 0 bridgehead atoms. The van der Waals surface area contributed by atoms with Crippen LogP contribution in [0.5, 0.6) is 0 Å². The highest BCUT2D eigenvalue weighted by Gasteiger charge is 2.19. The molecule has 0 radical (unpaired) electrons. The fraction of sp³-hybridized carbons (Fsp3) is 0.176. The smallest absolute Gasteiger partial charge is 0.191 e. The Bertz CT molecular complexity index is 819. The standard InChI is InChI=1S/C17H15Cl2N3OS/c1-22-16(15(23)11-6-3-2-4-7-11)20-21-17(22)24-10-12-13(18)8-5-9-14(12)19/h2-9,15,23H,10H2,1H3. The molecule has 0 aliphatic heterocycles.